The van der Waals surface area contributed by atoms with Gasteiger partial charge in [0.25, 0.3) is 0 Å². The molecule has 0 aliphatic heterocycles. The van der Waals surface area contributed by atoms with Crippen molar-refractivity contribution in [3.05, 3.63) is 47.5 Å². The highest BCUT2D eigenvalue weighted by atomic mass is 14.7. The largest absolute Gasteiger partial charge is 0.279 e. The minimum Gasteiger partial charge on any atom is -0.279 e. The molecule has 0 heterocycles. The van der Waals surface area contributed by atoms with Crippen molar-refractivity contribution in [2.45, 2.75) is 20.8 Å². The normalized spacial score (nSPS) is 12.8. The third-order valence-corrected chi connectivity index (χ3v) is 2.73. The zero-order valence-corrected chi connectivity index (χ0v) is 12.0. The molecular weight excluding hydrogens is 230 g/mol. The molecule has 0 spiro atoms. The number of hydrogen-bond donors (Lipinski definition) is 0. The van der Waals surface area contributed by atoms with Crippen molar-refractivity contribution in [2.75, 3.05) is 7.05 Å². The first-order valence-corrected chi connectivity index (χ1v) is 6.35. The summed E-state index contributed by atoms with van der Waals surface area (Å²) in [5.74, 6) is 12.5. The average Bonchev–Trinajstić information content (AvgIpc) is 2.44. The second-order valence-corrected chi connectivity index (χ2v) is 4.05. The first kappa shape index (κ1) is 14.8. The van der Waals surface area contributed by atoms with Crippen LogP contribution in [0.4, 0.5) is 0 Å². The maximum absolute atomic E-state index is 4.28. The Morgan fingerprint density at radius 2 is 1.95 bits per heavy atom. The van der Waals surface area contributed by atoms with Crippen LogP contribution in [0.15, 0.2) is 47.0 Å². The number of nitrogens with zero attached hydrogens (tertiary/aromatic N) is 1. The van der Waals surface area contributed by atoms with Gasteiger partial charge in [0.1, 0.15) is 5.71 Å². The van der Waals surface area contributed by atoms with E-state index in [1.807, 2.05) is 50.3 Å². The van der Waals surface area contributed by atoms with Gasteiger partial charge in [0.05, 0.1) is 0 Å². The molecule has 0 aromatic heterocycles. The molecule has 1 aromatic carbocycles. The van der Waals surface area contributed by atoms with E-state index in [1.54, 1.807) is 7.05 Å². The summed E-state index contributed by atoms with van der Waals surface area (Å²) in [7, 11) is 1.77. The van der Waals surface area contributed by atoms with Gasteiger partial charge in [-0.1, -0.05) is 36.1 Å². The molecule has 1 heteroatoms. The lowest BCUT2D eigenvalue weighted by atomic mass is 9.96. The third-order valence-electron chi connectivity index (χ3n) is 2.73. The number of rotatable bonds is 2. The first-order valence-electron chi connectivity index (χ1n) is 6.35. The van der Waals surface area contributed by atoms with E-state index in [2.05, 4.69) is 35.6 Å². The second-order valence-electron chi connectivity index (χ2n) is 4.05. The molecule has 1 nitrogen and oxygen atoms in total. The minimum absolute atomic E-state index is 0.152. The zero-order valence-electron chi connectivity index (χ0n) is 12.0. The molecule has 0 radical (unpaired) electrons. The number of allylic oxidation sites excluding steroid dienone is 2. The van der Waals surface area contributed by atoms with Gasteiger partial charge < -0.3 is 0 Å². The smallest absolute Gasteiger partial charge is 0.111 e. The van der Waals surface area contributed by atoms with E-state index >= 15 is 0 Å². The van der Waals surface area contributed by atoms with Crippen molar-refractivity contribution < 1.29 is 0 Å². The van der Waals surface area contributed by atoms with Crippen LogP contribution in [0.2, 0.25) is 0 Å². The molecule has 0 saturated carbocycles. The van der Waals surface area contributed by atoms with Gasteiger partial charge in [0.2, 0.25) is 0 Å². The molecule has 1 unspecified atom stereocenters. The van der Waals surface area contributed by atoms with Gasteiger partial charge >= 0.3 is 0 Å². The SMILES string of the molecule is CC#CC(C)C(=C/C)/C(C#Cc1ccccc1)=N\C. The lowest BCUT2D eigenvalue weighted by Gasteiger charge is -2.08. The molecule has 0 aliphatic carbocycles. The summed E-state index contributed by atoms with van der Waals surface area (Å²) in [5.41, 5.74) is 2.88. The molecular formula is C18H19N. The Balaban J connectivity index is 3.02. The molecule has 1 atom stereocenters. The van der Waals surface area contributed by atoms with E-state index in [1.165, 1.54) is 0 Å². The van der Waals surface area contributed by atoms with E-state index in [4.69, 9.17) is 0 Å². The molecule has 96 valence electrons. The number of benzene rings is 1. The fourth-order valence-corrected chi connectivity index (χ4v) is 1.80. The summed E-state index contributed by atoms with van der Waals surface area (Å²) in [5, 5.41) is 0. The van der Waals surface area contributed by atoms with Gasteiger partial charge in [-0.3, -0.25) is 4.99 Å². The van der Waals surface area contributed by atoms with Crippen LogP contribution in [0.1, 0.15) is 26.3 Å². The molecule has 0 fully saturated rings. The highest BCUT2D eigenvalue weighted by Gasteiger charge is 2.09. The molecule has 1 rings (SSSR count). The number of aliphatic imine (C=N–C) groups is 1. The Bertz CT molecular complexity index is 583. The van der Waals surface area contributed by atoms with Gasteiger partial charge in [-0.2, -0.15) is 0 Å². The second kappa shape index (κ2) is 7.96. The Labute approximate surface area is 116 Å². The van der Waals surface area contributed by atoms with E-state index in [0.717, 1.165) is 16.8 Å². The molecule has 0 amide bonds. The fraction of sp³-hybridized carbons (Fsp3) is 0.278. The Morgan fingerprint density at radius 1 is 1.26 bits per heavy atom. The van der Waals surface area contributed by atoms with Crippen LogP contribution in [0.3, 0.4) is 0 Å². The number of hydrogen-bond acceptors (Lipinski definition) is 1. The average molecular weight is 249 g/mol. The van der Waals surface area contributed by atoms with Crippen LogP contribution in [0.25, 0.3) is 0 Å². The summed E-state index contributed by atoms with van der Waals surface area (Å²) >= 11 is 0. The van der Waals surface area contributed by atoms with Crippen molar-refractivity contribution in [1.82, 2.24) is 0 Å². The summed E-state index contributed by atoms with van der Waals surface area (Å²) in [6.45, 7) is 5.92. The van der Waals surface area contributed by atoms with Crippen LogP contribution < -0.4 is 0 Å². The lowest BCUT2D eigenvalue weighted by molar-refractivity contribution is 0.939. The van der Waals surface area contributed by atoms with Gasteiger partial charge in [0, 0.05) is 18.5 Å². The summed E-state index contributed by atoms with van der Waals surface area (Å²) in [6.07, 6.45) is 2.04. The monoisotopic (exact) mass is 249 g/mol. The van der Waals surface area contributed by atoms with E-state index in [9.17, 15) is 0 Å². The van der Waals surface area contributed by atoms with Crippen molar-refractivity contribution in [3.63, 3.8) is 0 Å². The van der Waals surface area contributed by atoms with Gasteiger partial charge in [0.15, 0.2) is 0 Å². The van der Waals surface area contributed by atoms with Crippen LogP contribution >= 0.6 is 0 Å². The molecule has 0 aliphatic rings. The van der Waals surface area contributed by atoms with Crippen LogP contribution in [-0.4, -0.2) is 12.8 Å². The van der Waals surface area contributed by atoms with Gasteiger partial charge in [-0.15, -0.1) is 5.92 Å². The summed E-state index contributed by atoms with van der Waals surface area (Å²) in [6, 6.07) is 9.93. The van der Waals surface area contributed by atoms with Gasteiger partial charge in [-0.25, -0.2) is 0 Å². The molecule has 0 bridgehead atoms. The van der Waals surface area contributed by atoms with E-state index in [0.29, 0.717) is 0 Å². The zero-order chi connectivity index (χ0) is 14.1. The van der Waals surface area contributed by atoms with E-state index < -0.39 is 0 Å². The Hall–Kier alpha value is -2.25. The standard InChI is InChI=1S/C18H19N/c1-5-10-15(3)17(6-2)18(19-4)14-13-16-11-8-7-9-12-16/h6-9,11-12,15H,1-4H3/b17-6-,19-18-. The topological polar surface area (TPSA) is 12.4 Å². The van der Waals surface area contributed by atoms with Crippen molar-refractivity contribution in [1.29, 1.82) is 0 Å². The fourth-order valence-electron chi connectivity index (χ4n) is 1.80. The van der Waals surface area contributed by atoms with Crippen LogP contribution in [0.5, 0.6) is 0 Å². The highest BCUT2D eigenvalue weighted by molar-refractivity contribution is 6.13. The third kappa shape index (κ3) is 4.49. The van der Waals surface area contributed by atoms with Crippen molar-refractivity contribution in [3.8, 4) is 23.7 Å². The predicted molar refractivity (Wildman–Crippen MR) is 83.1 cm³/mol. The van der Waals surface area contributed by atoms with Crippen LogP contribution in [-0.2, 0) is 0 Å². The lowest BCUT2D eigenvalue weighted by Crippen LogP contribution is -2.08. The molecule has 0 saturated heterocycles. The summed E-state index contributed by atoms with van der Waals surface area (Å²) in [4.78, 5) is 4.28. The molecule has 0 N–H and O–H groups in total. The minimum atomic E-state index is 0.152. The maximum atomic E-state index is 4.28. The maximum Gasteiger partial charge on any atom is 0.111 e. The Morgan fingerprint density at radius 3 is 2.47 bits per heavy atom. The predicted octanol–water partition coefficient (Wildman–Crippen LogP) is 3.71. The van der Waals surface area contributed by atoms with Crippen molar-refractivity contribution in [2.24, 2.45) is 10.9 Å². The quantitative estimate of drug-likeness (QED) is 0.559. The molecule has 19 heavy (non-hydrogen) atoms. The van der Waals surface area contributed by atoms with Crippen LogP contribution in [0, 0.1) is 29.6 Å². The van der Waals surface area contributed by atoms with E-state index in [-0.39, 0.29) is 5.92 Å². The van der Waals surface area contributed by atoms with Gasteiger partial charge in [-0.05, 0) is 44.4 Å². The van der Waals surface area contributed by atoms with Crippen molar-refractivity contribution >= 4 is 5.71 Å². The summed E-state index contributed by atoms with van der Waals surface area (Å²) < 4.78 is 0. The Kier molecular flexibility index (Phi) is 6.20. The highest BCUT2D eigenvalue weighted by Crippen LogP contribution is 2.11. The molecule has 1 aromatic rings. The first-order chi connectivity index (χ1) is 9.22.